The van der Waals surface area contributed by atoms with Crippen LogP contribution in [-0.4, -0.2) is 35.1 Å². The van der Waals surface area contributed by atoms with E-state index in [1.807, 2.05) is 48.5 Å². The van der Waals surface area contributed by atoms with Crippen LogP contribution in [0.25, 0.3) is 10.9 Å². The van der Waals surface area contributed by atoms with Crippen molar-refractivity contribution in [3.05, 3.63) is 64.3 Å². The number of aromatic nitrogens is 2. The zero-order chi connectivity index (χ0) is 20.1. The molecule has 0 atom stereocenters. The lowest BCUT2D eigenvalue weighted by Crippen LogP contribution is -2.38. The molecule has 0 aliphatic heterocycles. The maximum Gasteiger partial charge on any atom is 0.272 e. The number of rotatable bonds is 7. The topological polar surface area (TPSA) is 86.9 Å². The summed E-state index contributed by atoms with van der Waals surface area (Å²) in [6, 6.07) is 15.5. The summed E-state index contributed by atoms with van der Waals surface area (Å²) in [6.07, 6.45) is 0.213. The lowest BCUT2D eigenvalue weighted by Gasteiger charge is -2.25. The zero-order valence-electron chi connectivity index (χ0n) is 15.9. The average Bonchev–Trinajstić information content (AvgIpc) is 3.11. The van der Waals surface area contributed by atoms with Crippen molar-refractivity contribution in [2.24, 2.45) is 0 Å². The molecule has 3 rings (SSSR count). The van der Waals surface area contributed by atoms with E-state index in [0.717, 1.165) is 20.9 Å². The third-order valence-corrected chi connectivity index (χ3v) is 5.20. The van der Waals surface area contributed by atoms with Gasteiger partial charge < -0.3 is 10.6 Å². The van der Waals surface area contributed by atoms with Crippen molar-refractivity contribution in [2.45, 2.75) is 25.7 Å². The molecule has 1 heterocycles. The molecule has 0 bridgehead atoms. The Balaban J connectivity index is 1.46. The number of H-pyrrole nitrogens is 1. The second-order valence-corrected chi connectivity index (χ2v) is 8.21. The van der Waals surface area contributed by atoms with Gasteiger partial charge in [0.25, 0.3) is 5.91 Å². The van der Waals surface area contributed by atoms with Crippen molar-refractivity contribution in [2.75, 3.05) is 13.1 Å². The Labute approximate surface area is 172 Å². The van der Waals surface area contributed by atoms with Crippen LogP contribution in [0.4, 0.5) is 0 Å². The van der Waals surface area contributed by atoms with E-state index in [1.165, 1.54) is 0 Å². The number of amides is 2. The molecule has 0 saturated heterocycles. The Bertz CT molecular complexity index is 979. The van der Waals surface area contributed by atoms with Gasteiger partial charge in [-0.3, -0.25) is 14.7 Å². The number of fused-ring (bicyclic) bond motifs is 1. The summed E-state index contributed by atoms with van der Waals surface area (Å²) in [4.78, 5) is 24.5. The highest BCUT2D eigenvalue weighted by Crippen LogP contribution is 2.24. The van der Waals surface area contributed by atoms with Gasteiger partial charge in [0.15, 0.2) is 5.69 Å². The van der Waals surface area contributed by atoms with Gasteiger partial charge in [-0.15, -0.1) is 0 Å². The molecule has 0 aliphatic rings. The molecule has 0 radical (unpaired) electrons. The van der Waals surface area contributed by atoms with Gasteiger partial charge in [-0.25, -0.2) is 0 Å². The van der Waals surface area contributed by atoms with Crippen molar-refractivity contribution in [3.8, 4) is 0 Å². The maximum absolute atomic E-state index is 12.3. The number of halogens is 1. The fourth-order valence-corrected chi connectivity index (χ4v) is 3.19. The monoisotopic (exact) mass is 442 g/mol. The number of para-hydroxylation sites is 1. The normalized spacial score (nSPS) is 11.4. The number of aromatic amines is 1. The predicted molar refractivity (Wildman–Crippen MR) is 113 cm³/mol. The second kappa shape index (κ2) is 8.56. The van der Waals surface area contributed by atoms with E-state index in [2.05, 4.69) is 50.6 Å². The third kappa shape index (κ3) is 4.78. The van der Waals surface area contributed by atoms with Gasteiger partial charge in [-0.1, -0.05) is 60.1 Å². The van der Waals surface area contributed by atoms with Gasteiger partial charge in [-0.2, -0.15) is 5.10 Å². The van der Waals surface area contributed by atoms with E-state index < -0.39 is 0 Å². The minimum absolute atomic E-state index is 0.0997. The number of benzene rings is 2. The van der Waals surface area contributed by atoms with Crippen LogP contribution in [-0.2, 0) is 10.2 Å². The van der Waals surface area contributed by atoms with Crippen LogP contribution in [0.5, 0.6) is 0 Å². The van der Waals surface area contributed by atoms with E-state index in [9.17, 15) is 9.59 Å². The fourth-order valence-electron chi connectivity index (χ4n) is 2.92. The SMILES string of the molecule is CC(C)(CNC(=O)CCNC(=O)c1n[nH]c2ccccc12)c1ccc(Br)cc1. The third-order valence-electron chi connectivity index (χ3n) is 4.68. The minimum atomic E-state index is -0.291. The fraction of sp³-hybridized carbons (Fsp3) is 0.286. The van der Waals surface area contributed by atoms with Crippen molar-refractivity contribution in [1.82, 2.24) is 20.8 Å². The van der Waals surface area contributed by atoms with Gasteiger partial charge in [0.1, 0.15) is 0 Å². The maximum atomic E-state index is 12.3. The lowest BCUT2D eigenvalue weighted by atomic mass is 9.84. The Morgan fingerprint density at radius 1 is 1.07 bits per heavy atom. The first-order valence-electron chi connectivity index (χ1n) is 9.11. The van der Waals surface area contributed by atoms with E-state index in [-0.39, 0.29) is 30.2 Å². The Hall–Kier alpha value is -2.67. The molecule has 2 amide bonds. The van der Waals surface area contributed by atoms with Crippen LogP contribution in [0.2, 0.25) is 0 Å². The van der Waals surface area contributed by atoms with Gasteiger partial charge in [-0.05, 0) is 23.8 Å². The molecule has 28 heavy (non-hydrogen) atoms. The number of hydrogen-bond acceptors (Lipinski definition) is 3. The minimum Gasteiger partial charge on any atom is -0.355 e. The molecule has 3 aromatic rings. The summed E-state index contributed by atoms with van der Waals surface area (Å²) >= 11 is 3.43. The molecule has 7 heteroatoms. The molecule has 6 nitrogen and oxygen atoms in total. The number of hydrogen-bond donors (Lipinski definition) is 3. The van der Waals surface area contributed by atoms with Crippen molar-refractivity contribution < 1.29 is 9.59 Å². The molecule has 0 spiro atoms. The first kappa shape index (κ1) is 20.1. The zero-order valence-corrected chi connectivity index (χ0v) is 17.5. The summed E-state index contributed by atoms with van der Waals surface area (Å²) in [6.45, 7) is 4.94. The lowest BCUT2D eigenvalue weighted by molar-refractivity contribution is -0.121. The number of nitrogens with one attached hydrogen (secondary N) is 3. The van der Waals surface area contributed by atoms with E-state index in [4.69, 9.17) is 0 Å². The molecular formula is C21H23BrN4O2. The molecule has 146 valence electrons. The van der Waals surface area contributed by atoms with Crippen LogP contribution in [0.3, 0.4) is 0 Å². The summed E-state index contributed by atoms with van der Waals surface area (Å²) in [5.74, 6) is -0.391. The molecule has 0 aliphatic carbocycles. The Morgan fingerprint density at radius 2 is 1.79 bits per heavy atom. The van der Waals surface area contributed by atoms with Gasteiger partial charge in [0.2, 0.25) is 5.91 Å². The molecule has 0 saturated carbocycles. The summed E-state index contributed by atoms with van der Waals surface area (Å²) in [5, 5.41) is 13.4. The summed E-state index contributed by atoms with van der Waals surface area (Å²) in [5.41, 5.74) is 2.11. The summed E-state index contributed by atoms with van der Waals surface area (Å²) in [7, 11) is 0. The Morgan fingerprint density at radius 3 is 2.54 bits per heavy atom. The highest BCUT2D eigenvalue weighted by molar-refractivity contribution is 9.10. The van der Waals surface area contributed by atoms with Crippen LogP contribution < -0.4 is 10.6 Å². The van der Waals surface area contributed by atoms with Crippen LogP contribution >= 0.6 is 15.9 Å². The highest BCUT2D eigenvalue weighted by atomic mass is 79.9. The molecule has 1 aromatic heterocycles. The molecule has 2 aromatic carbocycles. The van der Waals surface area contributed by atoms with Gasteiger partial charge in [0, 0.05) is 34.8 Å². The van der Waals surface area contributed by atoms with Crippen LogP contribution in [0.1, 0.15) is 36.3 Å². The Kier molecular flexibility index (Phi) is 6.14. The van der Waals surface area contributed by atoms with Crippen molar-refractivity contribution in [3.63, 3.8) is 0 Å². The van der Waals surface area contributed by atoms with E-state index in [1.54, 1.807) is 0 Å². The summed E-state index contributed by atoms with van der Waals surface area (Å²) < 4.78 is 1.02. The van der Waals surface area contributed by atoms with Crippen molar-refractivity contribution >= 4 is 38.6 Å². The first-order chi connectivity index (χ1) is 13.4. The van der Waals surface area contributed by atoms with E-state index in [0.29, 0.717) is 12.2 Å². The quantitative estimate of drug-likeness (QED) is 0.522. The smallest absolute Gasteiger partial charge is 0.272 e. The first-order valence-corrected chi connectivity index (χ1v) is 9.90. The highest BCUT2D eigenvalue weighted by Gasteiger charge is 2.21. The van der Waals surface area contributed by atoms with Crippen LogP contribution in [0.15, 0.2) is 53.0 Å². The molecule has 0 fully saturated rings. The molecular weight excluding hydrogens is 420 g/mol. The van der Waals surface area contributed by atoms with Gasteiger partial charge in [0.05, 0.1) is 5.52 Å². The van der Waals surface area contributed by atoms with Gasteiger partial charge >= 0.3 is 0 Å². The number of carbonyl (C=O) groups excluding carboxylic acids is 2. The second-order valence-electron chi connectivity index (χ2n) is 7.29. The standard InChI is InChI=1S/C21H23BrN4O2/c1-21(2,14-7-9-15(22)10-8-14)13-24-18(27)11-12-23-20(28)19-16-5-3-4-6-17(16)25-26-19/h3-10H,11-13H2,1-2H3,(H,23,28)(H,24,27)(H,25,26). The number of nitrogens with zero attached hydrogens (tertiary/aromatic N) is 1. The predicted octanol–water partition coefficient (Wildman–Crippen LogP) is 3.54. The molecule has 3 N–H and O–H groups in total. The van der Waals surface area contributed by atoms with Crippen molar-refractivity contribution in [1.29, 1.82) is 0 Å². The average molecular weight is 443 g/mol. The van der Waals surface area contributed by atoms with Crippen LogP contribution in [0, 0.1) is 0 Å². The van der Waals surface area contributed by atoms with E-state index >= 15 is 0 Å². The number of carbonyl (C=O) groups is 2. The largest absolute Gasteiger partial charge is 0.355 e. The molecule has 0 unspecified atom stereocenters.